The minimum Gasteiger partial charge on any atom is -0.299 e. The van der Waals surface area contributed by atoms with Crippen molar-refractivity contribution in [3.8, 4) is 0 Å². The molecule has 2 amide bonds. The zero-order chi connectivity index (χ0) is 18.4. The van der Waals surface area contributed by atoms with Crippen LogP contribution in [0.2, 0.25) is 0 Å². The number of benzene rings is 2. The van der Waals surface area contributed by atoms with Gasteiger partial charge in [0.25, 0.3) is 17.5 Å². The van der Waals surface area contributed by atoms with Crippen molar-refractivity contribution in [3.63, 3.8) is 0 Å². The molecule has 7 heteroatoms. The van der Waals surface area contributed by atoms with E-state index >= 15 is 0 Å². The highest BCUT2D eigenvalue weighted by Gasteiger charge is 2.35. The number of hydrogen-bond donors (Lipinski definition) is 0. The molecule has 2 aromatic carbocycles. The molecule has 2 aromatic rings. The molecule has 0 saturated carbocycles. The molecule has 7 nitrogen and oxygen atoms in total. The minimum atomic E-state index is -0.510. The number of amides is 2. The van der Waals surface area contributed by atoms with Crippen molar-refractivity contribution in [1.29, 1.82) is 0 Å². The fraction of sp³-hybridized carbons (Fsp3) is 0.368. The van der Waals surface area contributed by atoms with Crippen LogP contribution >= 0.6 is 0 Å². The van der Waals surface area contributed by atoms with Crippen molar-refractivity contribution in [2.75, 3.05) is 19.6 Å². The highest BCUT2D eigenvalue weighted by molar-refractivity contribution is 6.25. The van der Waals surface area contributed by atoms with Crippen LogP contribution in [0.5, 0.6) is 0 Å². The van der Waals surface area contributed by atoms with Gasteiger partial charge in [0.2, 0.25) is 0 Å². The summed E-state index contributed by atoms with van der Waals surface area (Å²) in [6.07, 6.45) is 2.25. The smallest absolute Gasteiger partial charge is 0.270 e. The Hall–Kier alpha value is -2.80. The Morgan fingerprint density at radius 2 is 1.81 bits per heavy atom. The number of nitro benzene ring substituents is 1. The summed E-state index contributed by atoms with van der Waals surface area (Å²) in [6, 6.07) is 7.82. The fourth-order valence-corrected chi connectivity index (χ4v) is 3.98. The number of carbonyl (C=O) groups excluding carboxylic acids is 2. The number of imide groups is 1. The summed E-state index contributed by atoms with van der Waals surface area (Å²) >= 11 is 0. The maximum absolute atomic E-state index is 13.0. The first-order valence-corrected chi connectivity index (χ1v) is 8.79. The van der Waals surface area contributed by atoms with Gasteiger partial charge in [0.05, 0.1) is 10.5 Å². The summed E-state index contributed by atoms with van der Waals surface area (Å²) in [6.45, 7) is 4.23. The molecule has 1 fully saturated rings. The van der Waals surface area contributed by atoms with E-state index in [1.807, 2.05) is 6.92 Å². The van der Waals surface area contributed by atoms with E-state index in [9.17, 15) is 19.7 Å². The van der Waals surface area contributed by atoms with Gasteiger partial charge in [0.1, 0.15) is 0 Å². The predicted octanol–water partition coefficient (Wildman–Crippen LogP) is 2.83. The summed E-state index contributed by atoms with van der Waals surface area (Å²) in [5, 5.41) is 12.3. The van der Waals surface area contributed by atoms with Crippen LogP contribution in [0.25, 0.3) is 10.8 Å². The van der Waals surface area contributed by atoms with Gasteiger partial charge in [-0.1, -0.05) is 12.1 Å². The van der Waals surface area contributed by atoms with Crippen LogP contribution in [0.3, 0.4) is 0 Å². The van der Waals surface area contributed by atoms with E-state index in [0.717, 1.165) is 25.9 Å². The van der Waals surface area contributed by atoms with Crippen LogP contribution < -0.4 is 0 Å². The van der Waals surface area contributed by atoms with E-state index in [1.54, 1.807) is 18.2 Å². The molecule has 26 heavy (non-hydrogen) atoms. The van der Waals surface area contributed by atoms with Gasteiger partial charge in [0.15, 0.2) is 0 Å². The molecule has 0 aromatic heterocycles. The van der Waals surface area contributed by atoms with Gasteiger partial charge in [-0.2, -0.15) is 0 Å². The molecule has 0 bridgehead atoms. The number of carbonyl (C=O) groups is 2. The molecule has 0 spiro atoms. The first kappa shape index (κ1) is 16.7. The van der Waals surface area contributed by atoms with Crippen molar-refractivity contribution in [3.05, 3.63) is 51.6 Å². The lowest BCUT2D eigenvalue weighted by Crippen LogP contribution is -2.48. The third kappa shape index (κ3) is 2.55. The van der Waals surface area contributed by atoms with E-state index < -0.39 is 10.8 Å². The number of rotatable bonds is 4. The molecule has 1 saturated heterocycles. The summed E-state index contributed by atoms with van der Waals surface area (Å²) in [5.41, 5.74) is 0.526. The number of hydrogen-bond acceptors (Lipinski definition) is 5. The minimum absolute atomic E-state index is 0.0600. The zero-order valence-corrected chi connectivity index (χ0v) is 14.5. The topological polar surface area (TPSA) is 83.8 Å². The average molecular weight is 353 g/mol. The second kappa shape index (κ2) is 6.17. The first-order chi connectivity index (χ1) is 12.5. The van der Waals surface area contributed by atoms with Crippen LogP contribution in [0.1, 0.15) is 40.5 Å². The Balaban J connectivity index is 1.77. The zero-order valence-electron chi connectivity index (χ0n) is 14.5. The normalized spacial score (nSPS) is 18.6. The molecular formula is C19H19N3O4. The molecule has 0 N–H and O–H groups in total. The van der Waals surface area contributed by atoms with Gasteiger partial charge in [-0.25, -0.2) is 0 Å². The van der Waals surface area contributed by atoms with Gasteiger partial charge in [0, 0.05) is 35.7 Å². The van der Waals surface area contributed by atoms with E-state index in [0.29, 0.717) is 16.3 Å². The molecule has 1 atom stereocenters. The molecule has 2 aliphatic heterocycles. The number of nitrogens with zero attached hydrogens (tertiary/aromatic N) is 3. The van der Waals surface area contributed by atoms with Crippen LogP contribution in [0.4, 0.5) is 5.69 Å². The third-order valence-corrected chi connectivity index (χ3v) is 5.33. The van der Waals surface area contributed by atoms with Crippen molar-refractivity contribution in [2.24, 2.45) is 0 Å². The maximum atomic E-state index is 13.0. The first-order valence-electron chi connectivity index (χ1n) is 8.79. The lowest BCUT2D eigenvalue weighted by molar-refractivity contribution is -0.384. The quantitative estimate of drug-likeness (QED) is 0.479. The second-order valence-electron chi connectivity index (χ2n) is 6.97. The summed E-state index contributed by atoms with van der Waals surface area (Å²) < 4.78 is 0. The second-order valence-corrected chi connectivity index (χ2v) is 6.97. The highest BCUT2D eigenvalue weighted by Crippen LogP contribution is 2.33. The summed E-state index contributed by atoms with van der Waals surface area (Å²) in [4.78, 5) is 40.2. The molecule has 0 aliphatic carbocycles. The Kier molecular flexibility index (Phi) is 3.96. The van der Waals surface area contributed by atoms with Crippen molar-refractivity contribution < 1.29 is 14.5 Å². The Labute approximate surface area is 150 Å². The molecule has 1 unspecified atom stereocenters. The van der Waals surface area contributed by atoms with Gasteiger partial charge in [-0.15, -0.1) is 0 Å². The number of non-ortho nitro benzene ring substituents is 1. The third-order valence-electron chi connectivity index (χ3n) is 5.33. The average Bonchev–Trinajstić information content (AvgIpc) is 3.17. The van der Waals surface area contributed by atoms with Crippen molar-refractivity contribution in [2.45, 2.75) is 25.8 Å². The Morgan fingerprint density at radius 3 is 2.50 bits per heavy atom. The molecular weight excluding hydrogens is 334 g/mol. The Bertz CT molecular complexity index is 934. The largest absolute Gasteiger partial charge is 0.299 e. The predicted molar refractivity (Wildman–Crippen MR) is 96.2 cm³/mol. The van der Waals surface area contributed by atoms with Gasteiger partial charge in [-0.3, -0.25) is 29.5 Å². The molecule has 4 rings (SSSR count). The van der Waals surface area contributed by atoms with Crippen LogP contribution in [0, 0.1) is 10.1 Å². The van der Waals surface area contributed by atoms with Crippen molar-refractivity contribution in [1.82, 2.24) is 9.80 Å². The van der Waals surface area contributed by atoms with Gasteiger partial charge in [-0.05, 0) is 44.3 Å². The Morgan fingerprint density at radius 1 is 1.12 bits per heavy atom. The number of likely N-dealkylation sites (tertiary alicyclic amines) is 1. The lowest BCUT2D eigenvalue weighted by Gasteiger charge is -2.32. The van der Waals surface area contributed by atoms with Crippen molar-refractivity contribution >= 4 is 28.3 Å². The summed E-state index contributed by atoms with van der Waals surface area (Å²) in [5.74, 6) is -0.776. The molecule has 134 valence electrons. The molecule has 0 radical (unpaired) electrons. The van der Waals surface area contributed by atoms with Gasteiger partial charge >= 0.3 is 0 Å². The van der Waals surface area contributed by atoms with E-state index in [2.05, 4.69) is 4.90 Å². The monoisotopic (exact) mass is 353 g/mol. The van der Waals surface area contributed by atoms with E-state index in [1.165, 1.54) is 17.0 Å². The van der Waals surface area contributed by atoms with E-state index in [4.69, 9.17) is 0 Å². The van der Waals surface area contributed by atoms with E-state index in [-0.39, 0.29) is 29.7 Å². The molecule has 2 aliphatic rings. The van der Waals surface area contributed by atoms with Crippen LogP contribution in [-0.4, -0.2) is 52.2 Å². The van der Waals surface area contributed by atoms with Crippen LogP contribution in [-0.2, 0) is 0 Å². The van der Waals surface area contributed by atoms with Crippen LogP contribution in [0.15, 0.2) is 30.3 Å². The molecule has 2 heterocycles. The summed E-state index contributed by atoms with van der Waals surface area (Å²) in [7, 11) is 0. The standard InChI is InChI=1S/C19H19N3O4/c1-12(20-7-2-3-8-20)11-21-18(23)15-6-4-5-13-9-14(22(25)26)10-16(17(13)15)19(21)24/h4-6,9-10,12H,2-3,7-8,11H2,1H3. The SMILES string of the molecule is CC(CN1C(=O)c2cccc3cc([N+](=O)[O-])cc(c23)C1=O)N1CCCC1. The lowest BCUT2D eigenvalue weighted by atomic mass is 9.93. The van der Waals surface area contributed by atoms with Gasteiger partial charge < -0.3 is 0 Å². The fourth-order valence-electron chi connectivity index (χ4n) is 3.98. The highest BCUT2D eigenvalue weighted by atomic mass is 16.6. The maximum Gasteiger partial charge on any atom is 0.270 e. The number of nitro groups is 1.